The lowest BCUT2D eigenvalue weighted by Crippen LogP contribution is -2.14. The van der Waals surface area contributed by atoms with Gasteiger partial charge in [0.15, 0.2) is 0 Å². The maximum absolute atomic E-state index is 12.1. The van der Waals surface area contributed by atoms with Crippen LogP contribution in [0.25, 0.3) is 11.5 Å². The third-order valence-corrected chi connectivity index (χ3v) is 3.19. The van der Waals surface area contributed by atoms with Crippen LogP contribution in [0.1, 0.15) is 11.3 Å². The van der Waals surface area contributed by atoms with Crippen molar-refractivity contribution in [2.45, 2.75) is 6.42 Å². The van der Waals surface area contributed by atoms with Crippen LogP contribution >= 0.6 is 0 Å². The summed E-state index contributed by atoms with van der Waals surface area (Å²) in [6.07, 6.45) is 1.58. The third kappa shape index (κ3) is 3.63. The van der Waals surface area contributed by atoms with Gasteiger partial charge in [0.1, 0.15) is 6.26 Å². The number of benzene rings is 2. The molecule has 2 aromatic carbocycles. The van der Waals surface area contributed by atoms with E-state index in [0.717, 1.165) is 5.56 Å². The molecule has 0 spiro atoms. The lowest BCUT2D eigenvalue weighted by atomic mass is 10.2. The first-order valence-electron chi connectivity index (χ1n) is 7.04. The van der Waals surface area contributed by atoms with E-state index in [1.165, 1.54) is 6.26 Å². The molecule has 1 amide bonds. The summed E-state index contributed by atoms with van der Waals surface area (Å²) in [5.74, 6) is 0.271. The number of nitrogens with zero attached hydrogens (tertiary/aromatic N) is 2. The zero-order chi connectivity index (χ0) is 16.1. The summed E-state index contributed by atoms with van der Waals surface area (Å²) >= 11 is 0. The molecule has 0 radical (unpaired) electrons. The minimum Gasteiger partial charge on any atom is -0.444 e. The number of oxazole rings is 1. The molecule has 0 bridgehead atoms. The van der Waals surface area contributed by atoms with Crippen LogP contribution in [0.4, 0.5) is 5.69 Å². The number of amides is 1. The Labute approximate surface area is 133 Å². The molecular weight excluding hydrogens is 290 g/mol. The monoisotopic (exact) mass is 303 g/mol. The fourth-order valence-corrected chi connectivity index (χ4v) is 2.14. The standard InChI is InChI=1S/C18H13N3O2/c19-11-13-5-4-8-15(9-13)20-17(22)10-16-12-23-18(21-16)14-6-2-1-3-7-14/h1-9,12H,10H2,(H,20,22). The Bertz CT molecular complexity index is 863. The van der Waals surface area contributed by atoms with E-state index in [-0.39, 0.29) is 12.3 Å². The van der Waals surface area contributed by atoms with Crippen LogP contribution in [0.15, 0.2) is 65.3 Å². The van der Waals surface area contributed by atoms with Gasteiger partial charge in [-0.1, -0.05) is 24.3 Å². The fraction of sp³-hybridized carbons (Fsp3) is 0.0556. The second kappa shape index (κ2) is 6.58. The van der Waals surface area contributed by atoms with E-state index in [2.05, 4.69) is 10.3 Å². The number of nitrogens with one attached hydrogen (secondary N) is 1. The van der Waals surface area contributed by atoms with E-state index in [4.69, 9.17) is 9.68 Å². The smallest absolute Gasteiger partial charge is 0.230 e. The highest BCUT2D eigenvalue weighted by Crippen LogP contribution is 2.18. The van der Waals surface area contributed by atoms with E-state index in [1.54, 1.807) is 24.3 Å². The Morgan fingerprint density at radius 1 is 1.17 bits per heavy atom. The Kier molecular flexibility index (Phi) is 4.16. The van der Waals surface area contributed by atoms with Crippen molar-refractivity contribution >= 4 is 11.6 Å². The summed E-state index contributed by atoms with van der Waals surface area (Å²) in [5.41, 5.74) is 2.50. The number of aromatic nitrogens is 1. The third-order valence-electron chi connectivity index (χ3n) is 3.19. The summed E-state index contributed by atoms with van der Waals surface area (Å²) in [5, 5.41) is 11.6. The van der Waals surface area contributed by atoms with Gasteiger partial charge in [0, 0.05) is 11.3 Å². The van der Waals surface area contributed by atoms with E-state index < -0.39 is 0 Å². The van der Waals surface area contributed by atoms with Crippen molar-refractivity contribution in [2.24, 2.45) is 0 Å². The number of anilines is 1. The minimum atomic E-state index is -0.215. The van der Waals surface area contributed by atoms with Crippen LogP contribution in [0, 0.1) is 11.3 Å². The van der Waals surface area contributed by atoms with E-state index >= 15 is 0 Å². The molecular formula is C18H13N3O2. The van der Waals surface area contributed by atoms with Gasteiger partial charge in [-0.2, -0.15) is 5.26 Å². The van der Waals surface area contributed by atoms with Gasteiger partial charge >= 0.3 is 0 Å². The zero-order valence-corrected chi connectivity index (χ0v) is 12.2. The molecule has 0 saturated heterocycles. The Hall–Kier alpha value is -3.39. The molecule has 23 heavy (non-hydrogen) atoms. The Balaban J connectivity index is 1.67. The quantitative estimate of drug-likeness (QED) is 0.801. The molecule has 0 atom stereocenters. The molecule has 1 heterocycles. The van der Waals surface area contributed by atoms with Crippen LogP contribution in [-0.2, 0) is 11.2 Å². The van der Waals surface area contributed by atoms with Crippen molar-refractivity contribution in [1.82, 2.24) is 4.98 Å². The molecule has 0 fully saturated rings. The second-order valence-corrected chi connectivity index (χ2v) is 4.93. The van der Waals surface area contributed by atoms with E-state index in [9.17, 15) is 4.79 Å². The number of rotatable bonds is 4. The molecule has 0 aliphatic heterocycles. The highest BCUT2D eigenvalue weighted by Gasteiger charge is 2.10. The predicted octanol–water partition coefficient (Wildman–Crippen LogP) is 3.39. The first kappa shape index (κ1) is 14.5. The molecule has 5 nitrogen and oxygen atoms in total. The molecule has 112 valence electrons. The van der Waals surface area contributed by atoms with Crippen molar-refractivity contribution in [3.8, 4) is 17.5 Å². The SMILES string of the molecule is N#Cc1cccc(NC(=O)Cc2coc(-c3ccccc3)n2)c1. The number of carbonyl (C=O) groups is 1. The number of hydrogen-bond acceptors (Lipinski definition) is 4. The molecule has 5 heteroatoms. The lowest BCUT2D eigenvalue weighted by Gasteiger charge is -2.03. The number of nitriles is 1. The summed E-state index contributed by atoms with van der Waals surface area (Å²) < 4.78 is 5.40. The van der Waals surface area contributed by atoms with E-state index in [0.29, 0.717) is 22.8 Å². The maximum Gasteiger partial charge on any atom is 0.230 e. The molecule has 0 saturated carbocycles. The largest absolute Gasteiger partial charge is 0.444 e. The van der Waals surface area contributed by atoms with Gasteiger partial charge in [0.05, 0.1) is 23.7 Å². The summed E-state index contributed by atoms with van der Waals surface area (Å²) in [6, 6.07) is 18.3. The molecule has 0 unspecified atom stereocenters. The highest BCUT2D eigenvalue weighted by atomic mass is 16.3. The number of hydrogen-bond donors (Lipinski definition) is 1. The molecule has 3 rings (SSSR count). The first-order valence-corrected chi connectivity index (χ1v) is 7.04. The van der Waals surface area contributed by atoms with Crippen LogP contribution in [0.5, 0.6) is 0 Å². The van der Waals surface area contributed by atoms with Crippen LogP contribution in [-0.4, -0.2) is 10.9 Å². The average molecular weight is 303 g/mol. The summed E-state index contributed by atoms with van der Waals surface area (Å²) in [4.78, 5) is 16.4. The van der Waals surface area contributed by atoms with Gasteiger partial charge in [-0.3, -0.25) is 4.79 Å². The van der Waals surface area contributed by atoms with E-state index in [1.807, 2.05) is 36.4 Å². The maximum atomic E-state index is 12.1. The zero-order valence-electron chi connectivity index (χ0n) is 12.2. The summed E-state index contributed by atoms with van der Waals surface area (Å²) in [6.45, 7) is 0. The molecule has 1 aromatic heterocycles. The van der Waals surface area contributed by atoms with Gasteiger partial charge in [-0.25, -0.2) is 4.98 Å². The highest BCUT2D eigenvalue weighted by molar-refractivity contribution is 5.92. The molecule has 0 aliphatic carbocycles. The van der Waals surface area contributed by atoms with Crippen molar-refractivity contribution in [2.75, 3.05) is 5.32 Å². The molecule has 0 aliphatic rings. The average Bonchev–Trinajstić information content (AvgIpc) is 3.04. The van der Waals surface area contributed by atoms with Crippen molar-refractivity contribution in [3.63, 3.8) is 0 Å². The van der Waals surface area contributed by atoms with Gasteiger partial charge < -0.3 is 9.73 Å². The Morgan fingerprint density at radius 2 is 2.00 bits per heavy atom. The number of carbonyl (C=O) groups excluding carboxylic acids is 1. The van der Waals surface area contributed by atoms with Crippen LogP contribution in [0.2, 0.25) is 0 Å². The minimum absolute atomic E-state index is 0.104. The van der Waals surface area contributed by atoms with Gasteiger partial charge in [-0.05, 0) is 30.3 Å². The van der Waals surface area contributed by atoms with Crippen molar-refractivity contribution < 1.29 is 9.21 Å². The van der Waals surface area contributed by atoms with Gasteiger partial charge in [-0.15, -0.1) is 0 Å². The topological polar surface area (TPSA) is 78.9 Å². The second-order valence-electron chi connectivity index (χ2n) is 4.93. The van der Waals surface area contributed by atoms with Crippen molar-refractivity contribution in [3.05, 3.63) is 72.1 Å². The fourth-order valence-electron chi connectivity index (χ4n) is 2.14. The predicted molar refractivity (Wildman–Crippen MR) is 85.4 cm³/mol. The van der Waals surface area contributed by atoms with Crippen LogP contribution in [0.3, 0.4) is 0 Å². The Morgan fingerprint density at radius 3 is 2.78 bits per heavy atom. The van der Waals surface area contributed by atoms with Gasteiger partial charge in [0.25, 0.3) is 0 Å². The molecule has 1 N–H and O–H groups in total. The lowest BCUT2D eigenvalue weighted by molar-refractivity contribution is -0.115. The summed E-state index contributed by atoms with van der Waals surface area (Å²) in [7, 11) is 0. The normalized spacial score (nSPS) is 10.0. The van der Waals surface area contributed by atoms with Gasteiger partial charge in [0.2, 0.25) is 11.8 Å². The first-order chi connectivity index (χ1) is 11.2. The van der Waals surface area contributed by atoms with Crippen molar-refractivity contribution in [1.29, 1.82) is 5.26 Å². The van der Waals surface area contributed by atoms with Crippen LogP contribution < -0.4 is 5.32 Å². The molecule has 3 aromatic rings.